The first-order valence-corrected chi connectivity index (χ1v) is 4.47. The van der Waals surface area contributed by atoms with E-state index in [9.17, 15) is 4.79 Å². The monoisotopic (exact) mass is 183 g/mol. The summed E-state index contributed by atoms with van der Waals surface area (Å²) in [6, 6.07) is 0. The van der Waals surface area contributed by atoms with Crippen molar-refractivity contribution in [3.63, 3.8) is 0 Å². The Labute approximate surface area is 78.5 Å². The Morgan fingerprint density at radius 3 is 2.85 bits per heavy atom. The summed E-state index contributed by atoms with van der Waals surface area (Å²) >= 11 is 0. The predicted molar refractivity (Wildman–Crippen MR) is 49.5 cm³/mol. The fraction of sp³-hybridized carbons (Fsp3) is 0.667. The number of carbonyl (C=O) groups excluding carboxylic acids is 1. The van der Waals surface area contributed by atoms with Crippen molar-refractivity contribution in [3.05, 3.63) is 12.7 Å². The molecule has 1 rings (SSSR count). The Morgan fingerprint density at radius 1 is 1.54 bits per heavy atom. The van der Waals surface area contributed by atoms with Crippen molar-refractivity contribution in [1.82, 2.24) is 10.2 Å². The molecule has 4 nitrogen and oxygen atoms in total. The second-order valence-electron chi connectivity index (χ2n) is 2.88. The molecule has 0 unspecified atom stereocenters. The molecule has 0 aromatic carbocycles. The highest BCUT2D eigenvalue weighted by Crippen LogP contribution is 1.92. The van der Waals surface area contributed by atoms with Gasteiger partial charge in [0, 0.05) is 38.8 Å². The standard InChI is InChI=1S/C9H15N2O2/c1-2-9(12)13-8-7-11-5-3-10-4-6-11/h2H,1,3-8H2. The minimum Gasteiger partial charge on any atom is -0.461 e. The molecule has 13 heavy (non-hydrogen) atoms. The normalized spacial score (nSPS) is 18.2. The van der Waals surface area contributed by atoms with Gasteiger partial charge in [0.15, 0.2) is 0 Å². The van der Waals surface area contributed by atoms with E-state index in [1.807, 2.05) is 0 Å². The summed E-state index contributed by atoms with van der Waals surface area (Å²) in [5.41, 5.74) is 0. The van der Waals surface area contributed by atoms with Gasteiger partial charge in [-0.25, -0.2) is 10.1 Å². The topological polar surface area (TPSA) is 43.6 Å². The predicted octanol–water partition coefficient (Wildman–Crippen LogP) is -0.364. The Morgan fingerprint density at radius 2 is 2.23 bits per heavy atom. The van der Waals surface area contributed by atoms with Gasteiger partial charge >= 0.3 is 5.97 Å². The minimum atomic E-state index is -0.346. The van der Waals surface area contributed by atoms with Gasteiger partial charge in [0.1, 0.15) is 6.61 Å². The summed E-state index contributed by atoms with van der Waals surface area (Å²) in [5, 5.41) is 4.22. The SMILES string of the molecule is C=CC(=O)OCCN1CC[N]CC1. The zero-order valence-electron chi connectivity index (χ0n) is 7.74. The third kappa shape index (κ3) is 4.05. The van der Waals surface area contributed by atoms with E-state index in [0.717, 1.165) is 32.7 Å². The van der Waals surface area contributed by atoms with Gasteiger partial charge in [-0.1, -0.05) is 6.58 Å². The highest BCUT2D eigenvalue weighted by atomic mass is 16.5. The van der Waals surface area contributed by atoms with E-state index < -0.39 is 0 Å². The fourth-order valence-electron chi connectivity index (χ4n) is 1.21. The number of rotatable bonds is 4. The van der Waals surface area contributed by atoms with E-state index in [1.165, 1.54) is 6.08 Å². The van der Waals surface area contributed by atoms with Gasteiger partial charge in [0.05, 0.1) is 0 Å². The summed E-state index contributed by atoms with van der Waals surface area (Å²) in [6.45, 7) is 8.32. The van der Waals surface area contributed by atoms with Crippen LogP contribution in [0.15, 0.2) is 12.7 Å². The van der Waals surface area contributed by atoms with Crippen LogP contribution in [0, 0.1) is 0 Å². The number of hydrogen-bond donors (Lipinski definition) is 0. The number of piperazine rings is 1. The molecule has 0 spiro atoms. The molecule has 4 heteroatoms. The third-order valence-corrected chi connectivity index (χ3v) is 1.97. The fourth-order valence-corrected chi connectivity index (χ4v) is 1.21. The van der Waals surface area contributed by atoms with Crippen LogP contribution in [-0.2, 0) is 9.53 Å². The maximum atomic E-state index is 10.7. The number of nitrogens with zero attached hydrogens (tertiary/aromatic N) is 2. The van der Waals surface area contributed by atoms with Crippen molar-refractivity contribution < 1.29 is 9.53 Å². The molecular formula is C9H15N2O2. The number of ether oxygens (including phenoxy) is 1. The van der Waals surface area contributed by atoms with Crippen LogP contribution in [0.1, 0.15) is 0 Å². The summed E-state index contributed by atoms with van der Waals surface area (Å²) in [7, 11) is 0. The van der Waals surface area contributed by atoms with Crippen LogP contribution in [0.2, 0.25) is 0 Å². The first-order valence-electron chi connectivity index (χ1n) is 4.47. The van der Waals surface area contributed by atoms with Crippen LogP contribution >= 0.6 is 0 Å². The molecule has 0 bridgehead atoms. The van der Waals surface area contributed by atoms with E-state index in [1.54, 1.807) is 0 Å². The molecule has 1 radical (unpaired) electrons. The largest absolute Gasteiger partial charge is 0.461 e. The van der Waals surface area contributed by atoms with Gasteiger partial charge in [-0.15, -0.1) is 0 Å². The summed E-state index contributed by atoms with van der Waals surface area (Å²) < 4.78 is 4.86. The van der Waals surface area contributed by atoms with E-state index in [0.29, 0.717) is 6.61 Å². The first kappa shape index (κ1) is 10.2. The lowest BCUT2D eigenvalue weighted by Gasteiger charge is -2.25. The van der Waals surface area contributed by atoms with Crippen molar-refractivity contribution in [2.75, 3.05) is 39.3 Å². The maximum Gasteiger partial charge on any atom is 0.330 e. The van der Waals surface area contributed by atoms with Crippen LogP contribution in [-0.4, -0.2) is 50.2 Å². The Kier molecular flexibility index (Phi) is 4.49. The second-order valence-corrected chi connectivity index (χ2v) is 2.88. The summed E-state index contributed by atoms with van der Waals surface area (Å²) in [4.78, 5) is 12.9. The van der Waals surface area contributed by atoms with Crippen LogP contribution < -0.4 is 5.32 Å². The van der Waals surface area contributed by atoms with Crippen molar-refractivity contribution in [2.24, 2.45) is 0 Å². The molecule has 1 saturated heterocycles. The molecule has 0 amide bonds. The number of hydrogen-bond acceptors (Lipinski definition) is 3. The molecule has 1 fully saturated rings. The molecule has 0 aromatic heterocycles. The third-order valence-electron chi connectivity index (χ3n) is 1.97. The molecule has 0 aliphatic carbocycles. The Bertz CT molecular complexity index is 176. The second kappa shape index (κ2) is 5.72. The lowest BCUT2D eigenvalue weighted by atomic mass is 10.4. The average molecular weight is 183 g/mol. The number of carbonyl (C=O) groups is 1. The molecule has 0 aromatic rings. The molecule has 73 valence electrons. The van der Waals surface area contributed by atoms with E-state index in [-0.39, 0.29) is 5.97 Å². The van der Waals surface area contributed by atoms with Crippen LogP contribution in [0.5, 0.6) is 0 Å². The molecule has 1 heterocycles. The zero-order chi connectivity index (χ0) is 9.52. The Balaban J connectivity index is 2.04. The van der Waals surface area contributed by atoms with Gasteiger partial charge < -0.3 is 4.74 Å². The zero-order valence-corrected chi connectivity index (χ0v) is 7.74. The van der Waals surface area contributed by atoms with Crippen LogP contribution in [0.25, 0.3) is 0 Å². The summed E-state index contributed by atoms with van der Waals surface area (Å²) in [6.07, 6.45) is 1.19. The van der Waals surface area contributed by atoms with Gasteiger partial charge in [0.2, 0.25) is 0 Å². The molecule has 1 aliphatic heterocycles. The Hall–Kier alpha value is -0.870. The van der Waals surface area contributed by atoms with Crippen LogP contribution in [0.4, 0.5) is 0 Å². The highest BCUT2D eigenvalue weighted by Gasteiger charge is 2.09. The van der Waals surface area contributed by atoms with Gasteiger partial charge in [-0.05, 0) is 0 Å². The van der Waals surface area contributed by atoms with E-state index in [4.69, 9.17) is 4.74 Å². The molecular weight excluding hydrogens is 168 g/mol. The van der Waals surface area contributed by atoms with Crippen LogP contribution in [0.3, 0.4) is 0 Å². The quantitative estimate of drug-likeness (QED) is 0.441. The minimum absolute atomic E-state index is 0.346. The first-order chi connectivity index (χ1) is 6.33. The van der Waals surface area contributed by atoms with E-state index in [2.05, 4.69) is 16.8 Å². The molecule has 1 aliphatic rings. The number of esters is 1. The average Bonchev–Trinajstić information content (AvgIpc) is 2.19. The molecule has 0 N–H and O–H groups in total. The lowest BCUT2D eigenvalue weighted by Crippen LogP contribution is -2.41. The maximum absolute atomic E-state index is 10.7. The van der Waals surface area contributed by atoms with Gasteiger partial charge in [-0.2, -0.15) is 0 Å². The van der Waals surface area contributed by atoms with Crippen molar-refractivity contribution in [1.29, 1.82) is 0 Å². The molecule has 0 atom stereocenters. The highest BCUT2D eigenvalue weighted by molar-refractivity contribution is 5.81. The van der Waals surface area contributed by atoms with Crippen molar-refractivity contribution in [2.45, 2.75) is 0 Å². The van der Waals surface area contributed by atoms with Gasteiger partial charge in [0.25, 0.3) is 0 Å². The van der Waals surface area contributed by atoms with E-state index >= 15 is 0 Å². The van der Waals surface area contributed by atoms with Gasteiger partial charge in [-0.3, -0.25) is 4.90 Å². The smallest absolute Gasteiger partial charge is 0.330 e. The van der Waals surface area contributed by atoms with Crippen molar-refractivity contribution >= 4 is 5.97 Å². The summed E-state index contributed by atoms with van der Waals surface area (Å²) in [5.74, 6) is -0.346. The lowest BCUT2D eigenvalue weighted by molar-refractivity contribution is -0.138. The molecule has 0 saturated carbocycles. The van der Waals surface area contributed by atoms with Crippen molar-refractivity contribution in [3.8, 4) is 0 Å².